The van der Waals surface area contributed by atoms with E-state index in [0.717, 1.165) is 24.1 Å². The minimum atomic E-state index is 0.308. The number of hydrogen-bond donors (Lipinski definition) is 2. The van der Waals surface area contributed by atoms with E-state index in [1.54, 1.807) is 0 Å². The van der Waals surface area contributed by atoms with Crippen molar-refractivity contribution in [3.05, 3.63) is 23.4 Å². The lowest BCUT2D eigenvalue weighted by atomic mass is 9.92. The maximum Gasteiger partial charge on any atom is 0.128 e. The Morgan fingerprint density at radius 1 is 1.44 bits per heavy atom. The molecule has 16 heavy (non-hydrogen) atoms. The minimum absolute atomic E-state index is 0.308. The van der Waals surface area contributed by atoms with E-state index >= 15 is 0 Å². The molecule has 1 heterocycles. The lowest BCUT2D eigenvalue weighted by Crippen LogP contribution is -2.27. The molecule has 0 aliphatic heterocycles. The fourth-order valence-corrected chi connectivity index (χ4v) is 1.92. The number of aromatic nitrogens is 1. The average Bonchev–Trinajstić information content (AvgIpc) is 2.28. The van der Waals surface area contributed by atoms with E-state index in [4.69, 9.17) is 5.73 Å². The third kappa shape index (κ3) is 2.95. The van der Waals surface area contributed by atoms with E-state index in [1.807, 2.05) is 6.20 Å². The van der Waals surface area contributed by atoms with E-state index in [2.05, 4.69) is 44.1 Å². The second-order valence-corrected chi connectivity index (χ2v) is 4.41. The summed E-state index contributed by atoms with van der Waals surface area (Å²) >= 11 is 0. The number of pyridine rings is 1. The molecule has 2 unspecified atom stereocenters. The number of nitrogens with two attached hydrogens (primary N) is 1. The Hall–Kier alpha value is -1.09. The smallest absolute Gasteiger partial charge is 0.128 e. The van der Waals surface area contributed by atoms with Gasteiger partial charge in [-0.25, -0.2) is 4.98 Å². The van der Waals surface area contributed by atoms with Crippen LogP contribution in [0.4, 0.5) is 5.82 Å². The summed E-state index contributed by atoms with van der Waals surface area (Å²) in [5.74, 6) is 1.21. The first-order chi connectivity index (χ1) is 7.60. The molecule has 90 valence electrons. The molecule has 0 saturated carbocycles. The summed E-state index contributed by atoms with van der Waals surface area (Å²) in [7, 11) is 0. The fourth-order valence-electron chi connectivity index (χ4n) is 1.92. The molecular weight excluding hydrogens is 198 g/mol. The van der Waals surface area contributed by atoms with Gasteiger partial charge in [-0.2, -0.15) is 0 Å². The van der Waals surface area contributed by atoms with Gasteiger partial charge in [0.15, 0.2) is 0 Å². The van der Waals surface area contributed by atoms with Gasteiger partial charge in [-0.1, -0.05) is 27.2 Å². The Balaban J connectivity index is 3.04. The zero-order valence-electron chi connectivity index (χ0n) is 10.7. The fraction of sp³-hybridized carbons (Fsp3) is 0.615. The molecule has 0 aromatic carbocycles. The monoisotopic (exact) mass is 221 g/mol. The van der Waals surface area contributed by atoms with Gasteiger partial charge >= 0.3 is 0 Å². The van der Waals surface area contributed by atoms with Gasteiger partial charge < -0.3 is 11.1 Å². The SMILES string of the molecule is CCNC(c1cc(C)cnc1N)C(C)CC. The first kappa shape index (κ1) is 13.0. The molecular formula is C13H23N3. The van der Waals surface area contributed by atoms with E-state index < -0.39 is 0 Å². The zero-order chi connectivity index (χ0) is 12.1. The van der Waals surface area contributed by atoms with Gasteiger partial charge in [0.1, 0.15) is 5.82 Å². The quantitative estimate of drug-likeness (QED) is 0.803. The Morgan fingerprint density at radius 2 is 2.12 bits per heavy atom. The molecule has 0 bridgehead atoms. The number of nitrogen functional groups attached to an aromatic ring is 1. The van der Waals surface area contributed by atoms with Crippen LogP contribution in [0.5, 0.6) is 0 Å². The van der Waals surface area contributed by atoms with Crippen LogP contribution in [-0.4, -0.2) is 11.5 Å². The van der Waals surface area contributed by atoms with Gasteiger partial charge in [0.2, 0.25) is 0 Å². The highest BCUT2D eigenvalue weighted by atomic mass is 14.9. The Bertz CT molecular complexity index is 336. The first-order valence-corrected chi connectivity index (χ1v) is 6.05. The third-order valence-corrected chi connectivity index (χ3v) is 3.06. The molecule has 1 aromatic rings. The van der Waals surface area contributed by atoms with Crippen LogP contribution >= 0.6 is 0 Å². The lowest BCUT2D eigenvalue weighted by Gasteiger charge is -2.25. The average molecular weight is 221 g/mol. The van der Waals surface area contributed by atoms with Crippen molar-refractivity contribution < 1.29 is 0 Å². The van der Waals surface area contributed by atoms with Crippen molar-refractivity contribution in [1.82, 2.24) is 10.3 Å². The molecule has 3 nitrogen and oxygen atoms in total. The molecule has 2 atom stereocenters. The second-order valence-electron chi connectivity index (χ2n) is 4.41. The summed E-state index contributed by atoms with van der Waals surface area (Å²) in [6, 6.07) is 2.45. The molecule has 0 radical (unpaired) electrons. The van der Waals surface area contributed by atoms with Crippen LogP contribution in [0.2, 0.25) is 0 Å². The molecule has 1 rings (SSSR count). The predicted molar refractivity (Wildman–Crippen MR) is 69.3 cm³/mol. The molecule has 0 aliphatic rings. The van der Waals surface area contributed by atoms with Gasteiger partial charge in [0, 0.05) is 17.8 Å². The number of nitrogens with zero attached hydrogens (tertiary/aromatic N) is 1. The van der Waals surface area contributed by atoms with Gasteiger partial charge in [0.25, 0.3) is 0 Å². The van der Waals surface area contributed by atoms with E-state index in [0.29, 0.717) is 17.8 Å². The molecule has 0 amide bonds. The Kier molecular flexibility index (Phi) is 4.74. The summed E-state index contributed by atoms with van der Waals surface area (Å²) in [6.07, 6.45) is 2.95. The van der Waals surface area contributed by atoms with Crippen LogP contribution in [0.3, 0.4) is 0 Å². The van der Waals surface area contributed by atoms with Crippen molar-refractivity contribution >= 4 is 5.82 Å². The van der Waals surface area contributed by atoms with Crippen LogP contribution in [0, 0.1) is 12.8 Å². The minimum Gasteiger partial charge on any atom is -0.383 e. The van der Waals surface area contributed by atoms with E-state index in [-0.39, 0.29) is 0 Å². The highest BCUT2D eigenvalue weighted by Crippen LogP contribution is 2.28. The zero-order valence-corrected chi connectivity index (χ0v) is 10.7. The lowest BCUT2D eigenvalue weighted by molar-refractivity contribution is 0.384. The highest BCUT2D eigenvalue weighted by molar-refractivity contribution is 5.43. The molecule has 1 aromatic heterocycles. The van der Waals surface area contributed by atoms with Crippen molar-refractivity contribution in [3.8, 4) is 0 Å². The molecule has 3 heteroatoms. The Labute approximate surface area is 98.5 Å². The van der Waals surface area contributed by atoms with Gasteiger partial charge in [-0.05, 0) is 31.0 Å². The van der Waals surface area contributed by atoms with Gasteiger partial charge in [-0.3, -0.25) is 0 Å². The van der Waals surface area contributed by atoms with Crippen molar-refractivity contribution in [2.75, 3.05) is 12.3 Å². The number of nitrogens with one attached hydrogen (secondary N) is 1. The summed E-state index contributed by atoms with van der Waals surface area (Å²) in [5.41, 5.74) is 8.26. The van der Waals surface area contributed by atoms with Crippen LogP contribution in [0.1, 0.15) is 44.4 Å². The van der Waals surface area contributed by atoms with E-state index in [1.165, 1.54) is 0 Å². The summed E-state index contributed by atoms with van der Waals surface area (Å²) in [4.78, 5) is 4.24. The third-order valence-electron chi connectivity index (χ3n) is 3.06. The maximum absolute atomic E-state index is 5.96. The topological polar surface area (TPSA) is 50.9 Å². The van der Waals surface area contributed by atoms with Crippen molar-refractivity contribution in [3.63, 3.8) is 0 Å². The molecule has 0 aliphatic carbocycles. The normalized spacial score (nSPS) is 14.8. The number of hydrogen-bond acceptors (Lipinski definition) is 3. The van der Waals surface area contributed by atoms with Crippen molar-refractivity contribution in [2.45, 2.75) is 40.2 Å². The molecule has 0 saturated heterocycles. The van der Waals surface area contributed by atoms with Crippen LogP contribution < -0.4 is 11.1 Å². The van der Waals surface area contributed by atoms with Crippen LogP contribution in [0.25, 0.3) is 0 Å². The number of anilines is 1. The van der Waals surface area contributed by atoms with E-state index in [9.17, 15) is 0 Å². The van der Waals surface area contributed by atoms with Gasteiger partial charge in [0.05, 0.1) is 0 Å². The maximum atomic E-state index is 5.96. The summed E-state index contributed by atoms with van der Waals surface area (Å²) in [5, 5.41) is 3.50. The van der Waals surface area contributed by atoms with Gasteiger partial charge in [-0.15, -0.1) is 0 Å². The largest absolute Gasteiger partial charge is 0.383 e. The molecule has 3 N–H and O–H groups in total. The number of aryl methyl sites for hydroxylation is 1. The van der Waals surface area contributed by atoms with Crippen LogP contribution in [-0.2, 0) is 0 Å². The van der Waals surface area contributed by atoms with Crippen molar-refractivity contribution in [2.24, 2.45) is 5.92 Å². The second kappa shape index (κ2) is 5.85. The summed E-state index contributed by atoms with van der Waals surface area (Å²) < 4.78 is 0. The van der Waals surface area contributed by atoms with Crippen molar-refractivity contribution in [1.29, 1.82) is 0 Å². The molecule has 0 fully saturated rings. The first-order valence-electron chi connectivity index (χ1n) is 6.05. The Morgan fingerprint density at radius 3 is 2.69 bits per heavy atom. The highest BCUT2D eigenvalue weighted by Gasteiger charge is 2.19. The summed E-state index contributed by atoms with van der Waals surface area (Å²) in [6.45, 7) is 9.57. The standard InChI is InChI=1S/C13H23N3/c1-5-10(4)12(15-6-2)11-7-9(3)8-16-13(11)14/h7-8,10,12,15H,5-6H2,1-4H3,(H2,14,16). The predicted octanol–water partition coefficient (Wildman–Crippen LogP) is 2.67. The van der Waals surface area contributed by atoms with Crippen LogP contribution in [0.15, 0.2) is 12.3 Å². The molecule has 0 spiro atoms. The number of rotatable bonds is 5.